The number of hydrogen-bond donors (Lipinski definition) is 1. The summed E-state index contributed by atoms with van der Waals surface area (Å²) in [5.74, 6) is -1.01. The summed E-state index contributed by atoms with van der Waals surface area (Å²) in [6.07, 6.45) is 2.94. The van der Waals surface area contributed by atoms with E-state index in [0.717, 1.165) is 0 Å². The number of benzene rings is 2. The van der Waals surface area contributed by atoms with E-state index < -0.39 is 5.97 Å². The highest BCUT2D eigenvalue weighted by Gasteiger charge is 2.11. The smallest absolute Gasteiger partial charge is 0.341 e. The Balaban J connectivity index is 2.21. The molecule has 112 valence electrons. The molecule has 0 fully saturated rings. The van der Waals surface area contributed by atoms with Gasteiger partial charge in [-0.15, -0.1) is 0 Å². The normalized spacial score (nSPS) is 10.6. The van der Waals surface area contributed by atoms with Gasteiger partial charge < -0.3 is 9.84 Å². The van der Waals surface area contributed by atoms with Gasteiger partial charge >= 0.3 is 5.97 Å². The molecule has 2 rings (SSSR count). The zero-order chi connectivity index (χ0) is 16.1. The van der Waals surface area contributed by atoms with Crippen molar-refractivity contribution in [2.45, 2.75) is 0 Å². The Morgan fingerprint density at radius 3 is 2.45 bits per heavy atom. The molecular weight excluding hydrogens is 304 g/mol. The third-order valence-corrected chi connectivity index (χ3v) is 3.23. The first-order chi connectivity index (χ1) is 10.5. The summed E-state index contributed by atoms with van der Waals surface area (Å²) in [5, 5.41) is 10.2. The van der Waals surface area contributed by atoms with Crippen LogP contribution in [-0.4, -0.2) is 24.0 Å². The number of phenols is 1. The SMILES string of the molecule is COC(=O)c1cc(/C=C\C(=O)c2ccc(Cl)cc2)ccc1O. The van der Waals surface area contributed by atoms with Gasteiger partial charge in [0.25, 0.3) is 0 Å². The van der Waals surface area contributed by atoms with Crippen LogP contribution in [0.3, 0.4) is 0 Å². The van der Waals surface area contributed by atoms with Crippen LogP contribution in [0.15, 0.2) is 48.5 Å². The maximum absolute atomic E-state index is 12.0. The van der Waals surface area contributed by atoms with Crippen LogP contribution in [0.1, 0.15) is 26.3 Å². The highest BCUT2D eigenvalue weighted by molar-refractivity contribution is 6.30. The van der Waals surface area contributed by atoms with Crippen molar-refractivity contribution in [1.82, 2.24) is 0 Å². The van der Waals surface area contributed by atoms with E-state index in [4.69, 9.17) is 11.6 Å². The number of ether oxygens (including phenoxy) is 1. The standard InChI is InChI=1S/C17H13ClO4/c1-22-17(21)14-10-11(3-9-16(14)20)2-8-15(19)12-4-6-13(18)7-5-12/h2-10,20H,1H3/b8-2-. The van der Waals surface area contributed by atoms with Gasteiger partial charge in [0.1, 0.15) is 11.3 Å². The van der Waals surface area contributed by atoms with Crippen molar-refractivity contribution in [3.05, 3.63) is 70.3 Å². The van der Waals surface area contributed by atoms with Crippen molar-refractivity contribution in [3.63, 3.8) is 0 Å². The van der Waals surface area contributed by atoms with Gasteiger partial charge in [0.05, 0.1) is 7.11 Å². The molecule has 0 saturated carbocycles. The van der Waals surface area contributed by atoms with E-state index in [9.17, 15) is 14.7 Å². The maximum atomic E-state index is 12.0. The van der Waals surface area contributed by atoms with Gasteiger partial charge in [-0.1, -0.05) is 23.7 Å². The number of carbonyl (C=O) groups is 2. The summed E-state index contributed by atoms with van der Waals surface area (Å²) >= 11 is 5.77. The molecule has 0 atom stereocenters. The van der Waals surface area contributed by atoms with Crippen LogP contribution < -0.4 is 0 Å². The molecule has 2 aromatic rings. The van der Waals surface area contributed by atoms with Gasteiger partial charge in [0.15, 0.2) is 5.78 Å². The summed E-state index contributed by atoms with van der Waals surface area (Å²) in [4.78, 5) is 23.5. The van der Waals surface area contributed by atoms with E-state index >= 15 is 0 Å². The Labute approximate surface area is 132 Å². The first-order valence-electron chi connectivity index (χ1n) is 6.40. The number of ketones is 1. The van der Waals surface area contributed by atoms with Crippen molar-refractivity contribution in [2.75, 3.05) is 7.11 Å². The van der Waals surface area contributed by atoms with Crippen molar-refractivity contribution in [3.8, 4) is 5.75 Å². The number of carbonyl (C=O) groups excluding carboxylic acids is 2. The Morgan fingerprint density at radius 2 is 1.82 bits per heavy atom. The molecular formula is C17H13ClO4. The number of allylic oxidation sites excluding steroid dienone is 1. The first-order valence-corrected chi connectivity index (χ1v) is 6.78. The van der Waals surface area contributed by atoms with Crippen LogP contribution in [0.4, 0.5) is 0 Å². The summed E-state index contributed by atoms with van der Waals surface area (Å²) in [6, 6.07) is 11.0. The fourth-order valence-electron chi connectivity index (χ4n) is 1.81. The number of esters is 1. The zero-order valence-corrected chi connectivity index (χ0v) is 12.5. The lowest BCUT2D eigenvalue weighted by Gasteiger charge is -2.03. The number of aromatic hydroxyl groups is 1. The van der Waals surface area contributed by atoms with E-state index in [-0.39, 0.29) is 17.1 Å². The minimum absolute atomic E-state index is 0.0450. The average Bonchev–Trinajstić information content (AvgIpc) is 2.53. The number of halogens is 1. The second-order valence-corrected chi connectivity index (χ2v) is 4.91. The van der Waals surface area contributed by atoms with Gasteiger partial charge in [0, 0.05) is 10.6 Å². The third kappa shape index (κ3) is 3.74. The Kier molecular flexibility index (Phi) is 4.96. The lowest BCUT2D eigenvalue weighted by Crippen LogP contribution is -2.01. The lowest BCUT2D eigenvalue weighted by molar-refractivity contribution is 0.0597. The van der Waals surface area contributed by atoms with Crippen LogP contribution in [0.2, 0.25) is 5.02 Å². The van der Waals surface area contributed by atoms with E-state index in [1.807, 2.05) is 0 Å². The van der Waals surface area contributed by atoms with Crippen molar-refractivity contribution in [1.29, 1.82) is 0 Å². The fourth-order valence-corrected chi connectivity index (χ4v) is 1.94. The molecule has 1 N–H and O–H groups in total. The molecule has 0 saturated heterocycles. The molecule has 0 heterocycles. The maximum Gasteiger partial charge on any atom is 0.341 e. The largest absolute Gasteiger partial charge is 0.507 e. The first kappa shape index (κ1) is 15.8. The quantitative estimate of drug-likeness (QED) is 0.530. The molecule has 0 spiro atoms. The minimum atomic E-state index is -0.642. The molecule has 0 aliphatic carbocycles. The summed E-state index contributed by atoms with van der Waals surface area (Å²) < 4.78 is 4.58. The second kappa shape index (κ2) is 6.91. The number of rotatable bonds is 4. The summed E-state index contributed by atoms with van der Waals surface area (Å²) in [7, 11) is 1.23. The molecule has 0 aliphatic heterocycles. The van der Waals surface area contributed by atoms with Crippen molar-refractivity contribution in [2.24, 2.45) is 0 Å². The molecule has 0 unspecified atom stereocenters. The highest BCUT2D eigenvalue weighted by Crippen LogP contribution is 2.20. The van der Waals surface area contributed by atoms with E-state index in [2.05, 4.69) is 4.74 Å². The monoisotopic (exact) mass is 316 g/mol. The molecule has 0 bridgehead atoms. The fraction of sp³-hybridized carbons (Fsp3) is 0.0588. The van der Waals surface area contributed by atoms with Crippen LogP contribution in [0.5, 0.6) is 5.75 Å². The molecule has 0 aromatic heterocycles. The van der Waals surface area contributed by atoms with Crippen LogP contribution in [0.25, 0.3) is 6.08 Å². The molecule has 4 nitrogen and oxygen atoms in total. The van der Waals surface area contributed by atoms with Crippen LogP contribution >= 0.6 is 11.6 Å². The minimum Gasteiger partial charge on any atom is -0.507 e. The molecule has 22 heavy (non-hydrogen) atoms. The van der Waals surface area contributed by atoms with Gasteiger partial charge in [0.2, 0.25) is 0 Å². The Bertz CT molecular complexity index is 733. The van der Waals surface area contributed by atoms with Gasteiger partial charge in [-0.2, -0.15) is 0 Å². The predicted molar refractivity (Wildman–Crippen MR) is 84.3 cm³/mol. The van der Waals surface area contributed by atoms with Crippen molar-refractivity contribution >= 4 is 29.4 Å². The van der Waals surface area contributed by atoms with E-state index in [1.165, 1.54) is 25.3 Å². The number of phenolic OH excluding ortho intramolecular Hbond substituents is 1. The van der Waals surface area contributed by atoms with Gasteiger partial charge in [-0.3, -0.25) is 4.79 Å². The van der Waals surface area contributed by atoms with Gasteiger partial charge in [-0.05, 0) is 48.0 Å². The van der Waals surface area contributed by atoms with Crippen LogP contribution in [0, 0.1) is 0 Å². The predicted octanol–water partition coefficient (Wildman–Crippen LogP) is 3.73. The van der Waals surface area contributed by atoms with E-state index in [1.54, 1.807) is 36.4 Å². The van der Waals surface area contributed by atoms with Crippen molar-refractivity contribution < 1.29 is 19.4 Å². The topological polar surface area (TPSA) is 63.6 Å². The van der Waals surface area contributed by atoms with Crippen LogP contribution in [-0.2, 0) is 4.74 Å². The average molecular weight is 317 g/mol. The summed E-state index contributed by atoms with van der Waals surface area (Å²) in [5.41, 5.74) is 1.15. The third-order valence-electron chi connectivity index (χ3n) is 2.98. The number of methoxy groups -OCH3 is 1. The molecule has 0 amide bonds. The number of hydrogen-bond acceptors (Lipinski definition) is 4. The molecule has 0 aliphatic rings. The summed E-state index contributed by atoms with van der Waals surface area (Å²) in [6.45, 7) is 0. The molecule has 0 radical (unpaired) electrons. The lowest BCUT2D eigenvalue weighted by atomic mass is 10.1. The van der Waals surface area contributed by atoms with E-state index in [0.29, 0.717) is 16.1 Å². The second-order valence-electron chi connectivity index (χ2n) is 4.47. The molecule has 2 aromatic carbocycles. The highest BCUT2D eigenvalue weighted by atomic mass is 35.5. The zero-order valence-electron chi connectivity index (χ0n) is 11.7. The Hall–Kier alpha value is -2.59. The van der Waals surface area contributed by atoms with Gasteiger partial charge in [-0.25, -0.2) is 4.79 Å². The molecule has 5 heteroatoms. The Morgan fingerprint density at radius 1 is 1.14 bits per heavy atom.